The lowest BCUT2D eigenvalue weighted by molar-refractivity contribution is 0.475. The molecular weight excluding hydrogens is 435 g/mol. The second kappa shape index (κ2) is 9.52. The van der Waals surface area contributed by atoms with Gasteiger partial charge in [-0.05, 0) is 29.5 Å². The van der Waals surface area contributed by atoms with Gasteiger partial charge in [0, 0.05) is 32.2 Å². The summed E-state index contributed by atoms with van der Waals surface area (Å²) in [7, 11) is 3.87. The average Bonchev–Trinajstić information content (AvgIpc) is 2.64. The monoisotopic (exact) mass is 460 g/mol. The van der Waals surface area contributed by atoms with Crippen molar-refractivity contribution in [1.29, 1.82) is 0 Å². The lowest BCUT2D eigenvalue weighted by atomic mass is 10.1. The molecule has 0 radical (unpaired) electrons. The predicted octanol–water partition coefficient (Wildman–Crippen LogP) is 4.37. The van der Waals surface area contributed by atoms with E-state index in [1.807, 2.05) is 25.4 Å². The maximum atomic E-state index is 4.53. The SMILES string of the molecule is CN=C(NCc1nccc2ccccc12)N(C)Cc1ccccc1C.I. The molecule has 0 fully saturated rings. The molecule has 0 saturated heterocycles. The number of pyridine rings is 1. The standard InChI is InChI=1S/C21H24N4.HI/c1-16-8-4-5-10-18(16)15-25(3)21(22-2)24-14-20-19-11-7-6-9-17(19)12-13-23-20;/h4-13H,14-15H2,1-3H3,(H,22,24);1H. The van der Waals surface area contributed by atoms with Gasteiger partial charge in [-0.25, -0.2) is 0 Å². The molecule has 26 heavy (non-hydrogen) atoms. The van der Waals surface area contributed by atoms with E-state index in [4.69, 9.17) is 0 Å². The Morgan fingerprint density at radius 1 is 1.08 bits per heavy atom. The quantitative estimate of drug-likeness (QED) is 0.357. The maximum Gasteiger partial charge on any atom is 0.194 e. The third-order valence-electron chi connectivity index (χ3n) is 4.41. The van der Waals surface area contributed by atoms with Gasteiger partial charge < -0.3 is 10.2 Å². The van der Waals surface area contributed by atoms with Crippen LogP contribution in [0, 0.1) is 6.92 Å². The summed E-state index contributed by atoms with van der Waals surface area (Å²) in [6.45, 7) is 3.60. The number of hydrogen-bond acceptors (Lipinski definition) is 2. The Bertz CT molecular complexity index is 887. The second-order valence-corrected chi connectivity index (χ2v) is 6.16. The van der Waals surface area contributed by atoms with E-state index in [1.165, 1.54) is 21.9 Å². The Morgan fingerprint density at radius 2 is 1.81 bits per heavy atom. The fraction of sp³-hybridized carbons (Fsp3) is 0.238. The van der Waals surface area contributed by atoms with E-state index in [1.54, 1.807) is 0 Å². The largest absolute Gasteiger partial charge is 0.351 e. The van der Waals surface area contributed by atoms with E-state index in [-0.39, 0.29) is 24.0 Å². The summed E-state index contributed by atoms with van der Waals surface area (Å²) in [4.78, 5) is 11.1. The second-order valence-electron chi connectivity index (χ2n) is 6.16. The number of benzene rings is 2. The van der Waals surface area contributed by atoms with Crippen LogP contribution in [-0.4, -0.2) is 29.9 Å². The molecule has 3 aromatic rings. The Morgan fingerprint density at radius 3 is 2.58 bits per heavy atom. The van der Waals surface area contributed by atoms with Crippen LogP contribution in [0.4, 0.5) is 0 Å². The lowest BCUT2D eigenvalue weighted by Gasteiger charge is -2.23. The molecule has 0 saturated carbocycles. The van der Waals surface area contributed by atoms with Crippen molar-refractivity contribution in [2.75, 3.05) is 14.1 Å². The molecule has 1 aromatic heterocycles. The van der Waals surface area contributed by atoms with Gasteiger partial charge >= 0.3 is 0 Å². The van der Waals surface area contributed by atoms with Crippen molar-refractivity contribution in [3.05, 3.63) is 77.6 Å². The fourth-order valence-electron chi connectivity index (χ4n) is 2.99. The minimum absolute atomic E-state index is 0. The molecule has 5 heteroatoms. The van der Waals surface area contributed by atoms with Gasteiger partial charge in [-0.2, -0.15) is 0 Å². The Kier molecular flexibility index (Phi) is 7.38. The smallest absolute Gasteiger partial charge is 0.194 e. The summed E-state index contributed by atoms with van der Waals surface area (Å²) in [5, 5.41) is 5.81. The number of nitrogens with one attached hydrogen (secondary N) is 1. The number of rotatable bonds is 4. The summed E-state index contributed by atoms with van der Waals surface area (Å²) in [6, 6.07) is 18.8. The third kappa shape index (κ3) is 4.72. The van der Waals surface area contributed by atoms with Crippen LogP contribution in [0.3, 0.4) is 0 Å². The first kappa shape index (κ1) is 20.2. The van der Waals surface area contributed by atoms with Crippen molar-refractivity contribution in [3.8, 4) is 0 Å². The van der Waals surface area contributed by atoms with Crippen molar-refractivity contribution in [2.45, 2.75) is 20.0 Å². The van der Waals surface area contributed by atoms with Crippen molar-refractivity contribution in [1.82, 2.24) is 15.2 Å². The molecule has 1 N–H and O–H groups in total. The van der Waals surface area contributed by atoms with E-state index < -0.39 is 0 Å². The molecule has 0 aliphatic rings. The first-order chi connectivity index (χ1) is 12.2. The molecule has 4 nitrogen and oxygen atoms in total. The van der Waals surface area contributed by atoms with Gasteiger partial charge in [0.25, 0.3) is 0 Å². The molecule has 0 spiro atoms. The highest BCUT2D eigenvalue weighted by Crippen LogP contribution is 2.16. The number of aromatic nitrogens is 1. The molecule has 0 aliphatic carbocycles. The third-order valence-corrected chi connectivity index (χ3v) is 4.41. The molecule has 0 atom stereocenters. The number of fused-ring (bicyclic) bond motifs is 1. The fourth-order valence-corrected chi connectivity index (χ4v) is 2.99. The average molecular weight is 460 g/mol. The summed E-state index contributed by atoms with van der Waals surface area (Å²) in [6.07, 6.45) is 1.86. The van der Waals surface area contributed by atoms with Gasteiger partial charge in [0.2, 0.25) is 0 Å². The zero-order valence-electron chi connectivity index (χ0n) is 15.4. The molecule has 0 amide bonds. The summed E-state index contributed by atoms with van der Waals surface area (Å²) >= 11 is 0. The Labute approximate surface area is 172 Å². The predicted molar refractivity (Wildman–Crippen MR) is 120 cm³/mol. The highest BCUT2D eigenvalue weighted by Gasteiger charge is 2.09. The first-order valence-electron chi connectivity index (χ1n) is 8.48. The minimum Gasteiger partial charge on any atom is -0.351 e. The number of halogens is 1. The van der Waals surface area contributed by atoms with Gasteiger partial charge in [0.05, 0.1) is 12.2 Å². The molecule has 0 aliphatic heterocycles. The van der Waals surface area contributed by atoms with E-state index in [9.17, 15) is 0 Å². The summed E-state index contributed by atoms with van der Waals surface area (Å²) in [5.74, 6) is 0.859. The highest BCUT2D eigenvalue weighted by molar-refractivity contribution is 14.0. The highest BCUT2D eigenvalue weighted by atomic mass is 127. The zero-order chi connectivity index (χ0) is 17.6. The van der Waals surface area contributed by atoms with Crippen LogP contribution in [-0.2, 0) is 13.1 Å². The van der Waals surface area contributed by atoms with Gasteiger partial charge in [0.15, 0.2) is 5.96 Å². The van der Waals surface area contributed by atoms with Gasteiger partial charge in [-0.3, -0.25) is 9.98 Å². The van der Waals surface area contributed by atoms with Crippen LogP contribution < -0.4 is 5.32 Å². The van der Waals surface area contributed by atoms with Crippen LogP contribution in [0.15, 0.2) is 65.8 Å². The van der Waals surface area contributed by atoms with Crippen LogP contribution in [0.25, 0.3) is 10.8 Å². The summed E-state index contributed by atoms with van der Waals surface area (Å²) in [5.41, 5.74) is 3.63. The van der Waals surface area contributed by atoms with Crippen LogP contribution >= 0.6 is 24.0 Å². The van der Waals surface area contributed by atoms with E-state index in [2.05, 4.69) is 76.6 Å². The molecule has 3 rings (SSSR count). The van der Waals surface area contributed by atoms with Crippen molar-refractivity contribution in [3.63, 3.8) is 0 Å². The molecule has 2 aromatic carbocycles. The molecule has 0 bridgehead atoms. The van der Waals surface area contributed by atoms with Crippen molar-refractivity contribution >= 4 is 40.7 Å². The van der Waals surface area contributed by atoms with Crippen LogP contribution in [0.1, 0.15) is 16.8 Å². The number of aliphatic imine (C=N–C) groups is 1. The van der Waals surface area contributed by atoms with Gasteiger partial charge in [-0.15, -0.1) is 24.0 Å². The number of nitrogens with zero attached hydrogens (tertiary/aromatic N) is 3. The van der Waals surface area contributed by atoms with Crippen LogP contribution in [0.5, 0.6) is 0 Å². The maximum absolute atomic E-state index is 4.53. The zero-order valence-corrected chi connectivity index (χ0v) is 17.8. The minimum atomic E-state index is 0. The Balaban J connectivity index is 0.00000243. The molecule has 0 unspecified atom stereocenters. The van der Waals surface area contributed by atoms with Crippen LogP contribution in [0.2, 0.25) is 0 Å². The van der Waals surface area contributed by atoms with Gasteiger partial charge in [-0.1, -0.05) is 48.5 Å². The lowest BCUT2D eigenvalue weighted by Crippen LogP contribution is -2.38. The molecule has 1 heterocycles. The number of hydrogen-bond donors (Lipinski definition) is 1. The van der Waals surface area contributed by atoms with Gasteiger partial charge in [0.1, 0.15) is 0 Å². The molecular formula is C21H25IN4. The van der Waals surface area contributed by atoms with E-state index >= 15 is 0 Å². The first-order valence-corrected chi connectivity index (χ1v) is 8.48. The van der Waals surface area contributed by atoms with E-state index in [0.29, 0.717) is 6.54 Å². The number of aryl methyl sites for hydroxylation is 1. The van der Waals surface area contributed by atoms with Crippen molar-refractivity contribution < 1.29 is 0 Å². The Hall–Kier alpha value is -2.15. The van der Waals surface area contributed by atoms with E-state index in [0.717, 1.165) is 18.2 Å². The topological polar surface area (TPSA) is 40.5 Å². The number of guanidine groups is 1. The van der Waals surface area contributed by atoms with Crippen molar-refractivity contribution in [2.24, 2.45) is 4.99 Å². The summed E-state index contributed by atoms with van der Waals surface area (Å²) < 4.78 is 0. The normalized spacial score (nSPS) is 11.1. The molecule has 136 valence electrons.